The molecule has 2 unspecified atom stereocenters. The summed E-state index contributed by atoms with van der Waals surface area (Å²) >= 11 is 1.15. The Morgan fingerprint density at radius 2 is 2.36 bits per heavy atom. The minimum Gasteiger partial charge on any atom is -0.387 e. The Bertz CT molecular complexity index is 202. The highest BCUT2D eigenvalue weighted by Crippen LogP contribution is 2.14. The molecule has 6 heteroatoms. The monoisotopic (exact) mass is 175 g/mol. The maximum absolute atomic E-state index is 9.24. The highest BCUT2D eigenvalue weighted by molar-refractivity contribution is 7.03. The van der Waals surface area contributed by atoms with E-state index >= 15 is 0 Å². The molecule has 0 saturated carbocycles. The summed E-state index contributed by atoms with van der Waals surface area (Å²) in [5.74, 6) is 0. The third-order valence-electron chi connectivity index (χ3n) is 1.18. The molecule has 0 radical (unpaired) electrons. The molecule has 0 fully saturated rings. The molecule has 0 aliphatic carbocycles. The van der Waals surface area contributed by atoms with Crippen LogP contribution in [-0.2, 0) is 0 Å². The molecule has 1 heterocycles. The fraction of sp³-hybridized carbons (Fsp3) is 0.600. The van der Waals surface area contributed by atoms with Gasteiger partial charge in [0, 0.05) is 11.8 Å². The molecular weight excluding hydrogens is 166 g/mol. The van der Waals surface area contributed by atoms with Crippen LogP contribution in [0.15, 0.2) is 5.38 Å². The molecule has 0 bridgehead atoms. The topological polar surface area (TPSA) is 92.3 Å². The van der Waals surface area contributed by atoms with Gasteiger partial charge in [-0.1, -0.05) is 4.49 Å². The molecule has 62 valence electrons. The first-order valence-electron chi connectivity index (χ1n) is 3.09. The fourth-order valence-corrected chi connectivity index (χ4v) is 1.17. The molecule has 0 aliphatic heterocycles. The van der Waals surface area contributed by atoms with Gasteiger partial charge in [-0.3, -0.25) is 0 Å². The molecule has 0 aromatic carbocycles. The average Bonchev–Trinajstić information content (AvgIpc) is 2.35. The molecule has 0 spiro atoms. The van der Waals surface area contributed by atoms with E-state index in [9.17, 15) is 5.11 Å². The highest BCUT2D eigenvalue weighted by atomic mass is 32.1. The lowest BCUT2D eigenvalue weighted by Crippen LogP contribution is -2.21. The number of hydrogen-bond donors (Lipinski definition) is 3. The van der Waals surface area contributed by atoms with Gasteiger partial charge in [0.15, 0.2) is 0 Å². The van der Waals surface area contributed by atoms with E-state index in [0.717, 1.165) is 11.5 Å². The van der Waals surface area contributed by atoms with E-state index in [-0.39, 0.29) is 6.42 Å². The van der Waals surface area contributed by atoms with Gasteiger partial charge in [0.25, 0.3) is 0 Å². The Hall–Kier alpha value is -0.560. The Morgan fingerprint density at radius 1 is 1.64 bits per heavy atom. The van der Waals surface area contributed by atoms with Crippen molar-refractivity contribution < 1.29 is 10.2 Å². The smallest absolute Gasteiger partial charge is 0.105 e. The number of nitrogens with two attached hydrogens (primary N) is 1. The van der Waals surface area contributed by atoms with E-state index in [1.165, 1.54) is 0 Å². The van der Waals surface area contributed by atoms with Gasteiger partial charge in [0.1, 0.15) is 18.0 Å². The van der Waals surface area contributed by atoms with Crippen LogP contribution in [0, 0.1) is 0 Å². The van der Waals surface area contributed by atoms with Crippen LogP contribution in [0.3, 0.4) is 0 Å². The fourth-order valence-electron chi connectivity index (χ4n) is 0.667. The second kappa shape index (κ2) is 3.72. The van der Waals surface area contributed by atoms with Crippen LogP contribution in [0.25, 0.3) is 0 Å². The van der Waals surface area contributed by atoms with E-state index in [2.05, 4.69) is 9.59 Å². The van der Waals surface area contributed by atoms with Gasteiger partial charge in [0.05, 0.1) is 0 Å². The zero-order valence-corrected chi connectivity index (χ0v) is 6.53. The van der Waals surface area contributed by atoms with Gasteiger partial charge < -0.3 is 15.9 Å². The van der Waals surface area contributed by atoms with Crippen LogP contribution < -0.4 is 5.73 Å². The van der Waals surface area contributed by atoms with Gasteiger partial charge in [-0.25, -0.2) is 0 Å². The molecule has 1 rings (SSSR count). The summed E-state index contributed by atoms with van der Waals surface area (Å²) in [7, 11) is 0. The number of aromatic nitrogens is 2. The first-order valence-corrected chi connectivity index (χ1v) is 3.92. The van der Waals surface area contributed by atoms with E-state index in [0.29, 0.717) is 5.69 Å². The number of nitrogens with zero attached hydrogens (tertiary/aromatic N) is 2. The lowest BCUT2D eigenvalue weighted by Gasteiger charge is -2.08. The summed E-state index contributed by atoms with van der Waals surface area (Å²) in [6.07, 6.45) is -1.73. The van der Waals surface area contributed by atoms with Crippen molar-refractivity contribution in [1.29, 1.82) is 0 Å². The number of hydrogen-bond acceptors (Lipinski definition) is 6. The summed E-state index contributed by atoms with van der Waals surface area (Å²) in [5, 5.41) is 23.2. The number of aliphatic hydroxyl groups is 2. The van der Waals surface area contributed by atoms with Gasteiger partial charge in [-0.15, -0.1) is 5.10 Å². The van der Waals surface area contributed by atoms with Crippen molar-refractivity contribution in [1.82, 2.24) is 9.59 Å². The van der Waals surface area contributed by atoms with Crippen molar-refractivity contribution in [2.45, 2.75) is 18.8 Å². The van der Waals surface area contributed by atoms with Crippen molar-refractivity contribution in [2.75, 3.05) is 0 Å². The summed E-state index contributed by atoms with van der Waals surface area (Å²) in [5.41, 5.74) is 5.51. The molecule has 0 amide bonds. The maximum Gasteiger partial charge on any atom is 0.105 e. The number of rotatable bonds is 3. The molecule has 2 atom stereocenters. The predicted octanol–water partition coefficient (Wildman–Crippen LogP) is -0.761. The second-order valence-electron chi connectivity index (χ2n) is 2.15. The van der Waals surface area contributed by atoms with Crippen molar-refractivity contribution in [3.63, 3.8) is 0 Å². The van der Waals surface area contributed by atoms with Crippen LogP contribution in [0.2, 0.25) is 0 Å². The minimum absolute atomic E-state index is 0.0887. The Labute approximate surface area is 67.6 Å². The molecule has 11 heavy (non-hydrogen) atoms. The summed E-state index contributed by atoms with van der Waals surface area (Å²) < 4.78 is 3.56. The van der Waals surface area contributed by atoms with E-state index in [4.69, 9.17) is 10.8 Å². The summed E-state index contributed by atoms with van der Waals surface area (Å²) in [6, 6.07) is 0. The molecular formula is C5H9N3O2S. The predicted molar refractivity (Wildman–Crippen MR) is 39.7 cm³/mol. The van der Waals surface area contributed by atoms with Crippen LogP contribution >= 0.6 is 11.5 Å². The zero-order chi connectivity index (χ0) is 8.27. The lowest BCUT2D eigenvalue weighted by molar-refractivity contribution is 0.0818. The van der Waals surface area contributed by atoms with Crippen molar-refractivity contribution in [2.24, 2.45) is 5.73 Å². The first kappa shape index (κ1) is 8.54. The molecule has 4 N–H and O–H groups in total. The lowest BCUT2D eigenvalue weighted by atomic mass is 10.2. The third-order valence-corrected chi connectivity index (χ3v) is 1.71. The van der Waals surface area contributed by atoms with Crippen molar-refractivity contribution >= 4 is 11.5 Å². The Kier molecular flexibility index (Phi) is 2.89. The summed E-state index contributed by atoms with van der Waals surface area (Å²) in [6.45, 7) is 0. The Morgan fingerprint density at radius 3 is 2.82 bits per heavy atom. The number of aliphatic hydroxyl groups excluding tert-OH is 2. The van der Waals surface area contributed by atoms with E-state index < -0.39 is 12.3 Å². The Balaban J connectivity index is 2.49. The van der Waals surface area contributed by atoms with E-state index in [1.807, 2.05) is 0 Å². The van der Waals surface area contributed by atoms with Gasteiger partial charge in [-0.2, -0.15) is 0 Å². The van der Waals surface area contributed by atoms with Crippen LogP contribution in [0.5, 0.6) is 0 Å². The standard InChI is InChI=1S/C5H9N3O2S/c6-5(10)1-4(9)3-2-11-8-7-3/h2,4-5,9-10H,1,6H2. The molecule has 0 saturated heterocycles. The molecule has 1 aromatic rings. The van der Waals surface area contributed by atoms with Crippen LogP contribution in [0.1, 0.15) is 18.2 Å². The highest BCUT2D eigenvalue weighted by Gasteiger charge is 2.12. The minimum atomic E-state index is -1.01. The van der Waals surface area contributed by atoms with Crippen LogP contribution in [0.4, 0.5) is 0 Å². The first-order chi connectivity index (χ1) is 5.20. The van der Waals surface area contributed by atoms with Crippen molar-refractivity contribution in [3.05, 3.63) is 11.1 Å². The third kappa shape index (κ3) is 2.51. The van der Waals surface area contributed by atoms with Gasteiger partial charge >= 0.3 is 0 Å². The van der Waals surface area contributed by atoms with Gasteiger partial charge in [0.2, 0.25) is 0 Å². The van der Waals surface area contributed by atoms with Gasteiger partial charge in [-0.05, 0) is 11.5 Å². The molecule has 0 aliphatic rings. The maximum atomic E-state index is 9.24. The quantitative estimate of drug-likeness (QED) is 0.525. The molecule has 1 aromatic heterocycles. The van der Waals surface area contributed by atoms with E-state index in [1.54, 1.807) is 5.38 Å². The zero-order valence-electron chi connectivity index (χ0n) is 5.71. The largest absolute Gasteiger partial charge is 0.387 e. The normalized spacial score (nSPS) is 16.3. The van der Waals surface area contributed by atoms with Crippen LogP contribution in [-0.4, -0.2) is 26.0 Å². The second-order valence-corrected chi connectivity index (χ2v) is 2.76. The SMILES string of the molecule is NC(O)CC(O)c1csnn1. The summed E-state index contributed by atoms with van der Waals surface area (Å²) in [4.78, 5) is 0. The average molecular weight is 175 g/mol. The molecule has 5 nitrogen and oxygen atoms in total. The van der Waals surface area contributed by atoms with Crippen molar-refractivity contribution in [3.8, 4) is 0 Å².